The van der Waals surface area contributed by atoms with Crippen molar-refractivity contribution in [3.8, 4) is 17.2 Å². The van der Waals surface area contributed by atoms with Crippen LogP contribution in [0.4, 0.5) is 5.69 Å². The predicted molar refractivity (Wildman–Crippen MR) is 128 cm³/mol. The van der Waals surface area contributed by atoms with Gasteiger partial charge in [0.25, 0.3) is 5.91 Å². The first-order valence-electron chi connectivity index (χ1n) is 10.4. The van der Waals surface area contributed by atoms with Crippen molar-refractivity contribution in [3.05, 3.63) is 103 Å². The van der Waals surface area contributed by atoms with Crippen LogP contribution in [0.25, 0.3) is 5.57 Å². The first kappa shape index (κ1) is 21.8. The number of anilines is 1. The summed E-state index contributed by atoms with van der Waals surface area (Å²) in [6.45, 7) is 4.48. The molecule has 168 valence electrons. The SMILES string of the molecule is C=C(C(=O)Nc1ccccc1C(Oc1ccccc1)N1C=CNC1)c1ccc(OC)c(O)c1. The molecule has 3 N–H and O–H groups in total. The van der Waals surface area contributed by atoms with Crippen LogP contribution in [0.1, 0.15) is 17.4 Å². The van der Waals surface area contributed by atoms with E-state index in [0.29, 0.717) is 29.4 Å². The minimum absolute atomic E-state index is 0.0611. The Labute approximate surface area is 192 Å². The summed E-state index contributed by atoms with van der Waals surface area (Å²) in [4.78, 5) is 15.0. The average molecular weight is 444 g/mol. The van der Waals surface area contributed by atoms with E-state index in [4.69, 9.17) is 9.47 Å². The molecule has 0 aromatic heterocycles. The smallest absolute Gasteiger partial charge is 0.255 e. The molecule has 0 saturated carbocycles. The highest BCUT2D eigenvalue weighted by Gasteiger charge is 2.25. The zero-order valence-corrected chi connectivity index (χ0v) is 18.2. The maximum atomic E-state index is 13.0. The van der Waals surface area contributed by atoms with Crippen molar-refractivity contribution in [2.75, 3.05) is 19.1 Å². The molecule has 0 fully saturated rings. The van der Waals surface area contributed by atoms with Crippen LogP contribution < -0.4 is 20.1 Å². The lowest BCUT2D eigenvalue weighted by Gasteiger charge is -2.30. The van der Waals surface area contributed by atoms with Crippen LogP contribution in [0, 0.1) is 0 Å². The second kappa shape index (κ2) is 9.82. The zero-order valence-electron chi connectivity index (χ0n) is 18.2. The molecule has 7 heteroatoms. The second-order valence-corrected chi connectivity index (χ2v) is 7.38. The molecule has 0 aliphatic carbocycles. The number of phenols is 1. The quantitative estimate of drug-likeness (QED) is 0.446. The van der Waals surface area contributed by atoms with Gasteiger partial charge in [-0.1, -0.05) is 49.0 Å². The van der Waals surface area contributed by atoms with Gasteiger partial charge in [0.15, 0.2) is 11.5 Å². The van der Waals surface area contributed by atoms with Crippen molar-refractivity contribution < 1.29 is 19.4 Å². The number of phenolic OH excluding ortho intramolecular Hbond substituents is 1. The second-order valence-electron chi connectivity index (χ2n) is 7.38. The number of carbonyl (C=O) groups is 1. The van der Waals surface area contributed by atoms with Gasteiger partial charge in [-0.25, -0.2) is 0 Å². The number of nitrogens with one attached hydrogen (secondary N) is 2. The van der Waals surface area contributed by atoms with Crippen molar-refractivity contribution >= 4 is 17.2 Å². The number of hydrogen-bond donors (Lipinski definition) is 3. The Bertz CT molecular complexity index is 1180. The van der Waals surface area contributed by atoms with Crippen molar-refractivity contribution in [1.29, 1.82) is 0 Å². The van der Waals surface area contributed by atoms with Crippen LogP contribution in [-0.4, -0.2) is 29.7 Å². The van der Waals surface area contributed by atoms with Gasteiger partial charge in [-0.15, -0.1) is 0 Å². The average Bonchev–Trinajstić information content (AvgIpc) is 3.38. The zero-order chi connectivity index (χ0) is 23.2. The van der Waals surface area contributed by atoms with Gasteiger partial charge >= 0.3 is 0 Å². The van der Waals surface area contributed by atoms with Gasteiger partial charge < -0.3 is 30.1 Å². The summed E-state index contributed by atoms with van der Waals surface area (Å²) in [5, 5.41) is 16.2. The Hall–Kier alpha value is -4.39. The van der Waals surface area contributed by atoms with E-state index in [1.54, 1.807) is 12.1 Å². The van der Waals surface area contributed by atoms with Crippen LogP contribution in [0.3, 0.4) is 0 Å². The summed E-state index contributed by atoms with van der Waals surface area (Å²) in [7, 11) is 1.46. The first-order chi connectivity index (χ1) is 16.1. The summed E-state index contributed by atoms with van der Waals surface area (Å²) >= 11 is 0. The molecule has 1 heterocycles. The minimum Gasteiger partial charge on any atom is -0.504 e. The fraction of sp³-hybridized carbons (Fsp3) is 0.115. The number of ether oxygens (including phenoxy) is 2. The largest absolute Gasteiger partial charge is 0.504 e. The number of amides is 1. The summed E-state index contributed by atoms with van der Waals surface area (Å²) in [5.74, 6) is 0.585. The normalized spacial score (nSPS) is 13.2. The van der Waals surface area contributed by atoms with Crippen molar-refractivity contribution in [3.63, 3.8) is 0 Å². The lowest BCUT2D eigenvalue weighted by Crippen LogP contribution is -2.30. The molecule has 1 atom stereocenters. The molecular weight excluding hydrogens is 418 g/mol. The number of methoxy groups -OCH3 is 1. The lowest BCUT2D eigenvalue weighted by atomic mass is 10.1. The maximum Gasteiger partial charge on any atom is 0.255 e. The number of carbonyl (C=O) groups excluding carboxylic acids is 1. The molecule has 1 amide bonds. The van der Waals surface area contributed by atoms with Crippen molar-refractivity contribution in [1.82, 2.24) is 10.2 Å². The molecular formula is C26H25N3O4. The van der Waals surface area contributed by atoms with Crippen LogP contribution in [0.2, 0.25) is 0 Å². The summed E-state index contributed by atoms with van der Waals surface area (Å²) < 4.78 is 11.4. The van der Waals surface area contributed by atoms with E-state index in [1.807, 2.05) is 71.9 Å². The third-order valence-corrected chi connectivity index (χ3v) is 5.23. The van der Waals surface area contributed by atoms with Crippen LogP contribution in [0.15, 0.2) is 91.8 Å². The van der Waals surface area contributed by atoms with Gasteiger partial charge in [0.05, 0.1) is 13.8 Å². The van der Waals surface area contributed by atoms with E-state index in [9.17, 15) is 9.90 Å². The third-order valence-electron chi connectivity index (χ3n) is 5.23. The van der Waals surface area contributed by atoms with Gasteiger partial charge in [-0.2, -0.15) is 0 Å². The number of nitrogens with zero attached hydrogens (tertiary/aromatic N) is 1. The highest BCUT2D eigenvalue weighted by molar-refractivity contribution is 6.24. The van der Waals surface area contributed by atoms with Gasteiger partial charge in [-0.05, 0) is 35.9 Å². The van der Waals surface area contributed by atoms with Crippen molar-refractivity contribution in [2.45, 2.75) is 6.23 Å². The maximum absolute atomic E-state index is 13.0. The topological polar surface area (TPSA) is 83.1 Å². The highest BCUT2D eigenvalue weighted by atomic mass is 16.5. The molecule has 1 aliphatic rings. The molecule has 1 unspecified atom stereocenters. The monoisotopic (exact) mass is 443 g/mol. The minimum atomic E-state index is -0.478. The van der Waals surface area contributed by atoms with Crippen LogP contribution in [0.5, 0.6) is 17.2 Å². The summed E-state index contributed by atoms with van der Waals surface area (Å²) in [6.07, 6.45) is 3.28. The standard InChI is InChI=1S/C26H25N3O4/c1-18(19-12-13-24(32-2)23(30)16-19)25(31)28-22-11-7-6-10-21(22)26(29-15-14-27-17-29)33-20-8-4-3-5-9-20/h3-16,26-27,30H,1,17H2,2H3,(H,28,31). The van der Waals surface area contributed by atoms with Gasteiger partial charge in [0.1, 0.15) is 5.75 Å². The molecule has 0 spiro atoms. The first-order valence-corrected chi connectivity index (χ1v) is 10.4. The number of aromatic hydroxyl groups is 1. The summed E-state index contributed by atoms with van der Waals surface area (Å²) in [6, 6.07) is 21.7. The third kappa shape index (κ3) is 4.93. The van der Waals surface area contributed by atoms with E-state index in [0.717, 1.165) is 5.56 Å². The van der Waals surface area contributed by atoms with E-state index in [-0.39, 0.29) is 17.2 Å². The van der Waals surface area contributed by atoms with E-state index in [1.165, 1.54) is 13.2 Å². The lowest BCUT2D eigenvalue weighted by molar-refractivity contribution is -0.111. The van der Waals surface area contributed by atoms with Gasteiger partial charge in [0.2, 0.25) is 6.23 Å². The fourth-order valence-electron chi connectivity index (χ4n) is 3.49. The number of para-hydroxylation sites is 2. The van der Waals surface area contributed by atoms with Crippen LogP contribution >= 0.6 is 0 Å². The molecule has 0 radical (unpaired) electrons. The van der Waals surface area contributed by atoms with Gasteiger partial charge in [0, 0.05) is 29.2 Å². The van der Waals surface area contributed by atoms with E-state index in [2.05, 4.69) is 17.2 Å². The predicted octanol–water partition coefficient (Wildman–Crippen LogP) is 4.46. The highest BCUT2D eigenvalue weighted by Crippen LogP contribution is 2.33. The van der Waals surface area contributed by atoms with E-state index >= 15 is 0 Å². The Morgan fingerprint density at radius 3 is 2.58 bits per heavy atom. The molecule has 3 aromatic rings. The fourth-order valence-corrected chi connectivity index (χ4v) is 3.49. The Morgan fingerprint density at radius 1 is 1.12 bits per heavy atom. The molecule has 4 rings (SSSR count). The summed E-state index contributed by atoms with van der Waals surface area (Å²) in [5.41, 5.74) is 2.09. The molecule has 1 aliphatic heterocycles. The van der Waals surface area contributed by atoms with Gasteiger partial charge in [-0.3, -0.25) is 4.79 Å². The Balaban J connectivity index is 1.60. The number of hydrogen-bond acceptors (Lipinski definition) is 6. The number of benzene rings is 3. The molecule has 0 saturated heterocycles. The molecule has 7 nitrogen and oxygen atoms in total. The van der Waals surface area contributed by atoms with Crippen molar-refractivity contribution in [2.24, 2.45) is 0 Å². The van der Waals surface area contributed by atoms with Crippen LogP contribution in [-0.2, 0) is 4.79 Å². The molecule has 0 bridgehead atoms. The molecule has 33 heavy (non-hydrogen) atoms. The molecule has 3 aromatic carbocycles. The Morgan fingerprint density at radius 2 is 1.88 bits per heavy atom. The number of rotatable bonds is 8. The van der Waals surface area contributed by atoms with E-state index < -0.39 is 6.23 Å². The Kier molecular flexibility index (Phi) is 6.50.